The summed E-state index contributed by atoms with van der Waals surface area (Å²) in [5.74, 6) is -0.0149. The first-order valence-corrected chi connectivity index (χ1v) is 7.46. The smallest absolute Gasteiger partial charge is 0.425 e. The Morgan fingerprint density at radius 3 is 2.71 bits per heavy atom. The molecule has 1 aromatic heterocycles. The number of H-pyrrole nitrogens is 1. The van der Waals surface area contributed by atoms with Crippen LogP contribution in [-0.4, -0.2) is 22.7 Å². The summed E-state index contributed by atoms with van der Waals surface area (Å²) in [5.41, 5.74) is 7.41. The molecule has 0 spiro atoms. The van der Waals surface area contributed by atoms with Crippen molar-refractivity contribution in [2.45, 2.75) is 6.92 Å². The van der Waals surface area contributed by atoms with Crippen molar-refractivity contribution in [2.75, 3.05) is 12.0 Å². The number of aromatic nitrogens is 2. The lowest BCUT2D eigenvalue weighted by atomic mass is 10.0. The van der Waals surface area contributed by atoms with Gasteiger partial charge in [0, 0.05) is 5.56 Å². The predicted molar refractivity (Wildman–Crippen MR) is 91.6 cm³/mol. The van der Waals surface area contributed by atoms with Crippen LogP contribution >= 0.6 is 0 Å². The maximum Gasteiger partial charge on any atom is 0.425 e. The second kappa shape index (κ2) is 6.82. The molecule has 1 amide bonds. The highest BCUT2D eigenvalue weighted by molar-refractivity contribution is 5.92. The number of hydrazine groups is 1. The van der Waals surface area contributed by atoms with Gasteiger partial charge in [-0.05, 0) is 18.6 Å². The third-order valence-electron chi connectivity index (χ3n) is 3.37. The van der Waals surface area contributed by atoms with Crippen molar-refractivity contribution in [3.8, 4) is 11.1 Å². The summed E-state index contributed by atoms with van der Waals surface area (Å²) in [6.07, 6.45) is -0.685. The Kier molecular flexibility index (Phi) is 4.42. The molecule has 0 radical (unpaired) electrons. The van der Waals surface area contributed by atoms with E-state index in [1.165, 1.54) is 0 Å². The lowest BCUT2D eigenvalue weighted by molar-refractivity contribution is 0.154. The van der Waals surface area contributed by atoms with Crippen LogP contribution in [0.25, 0.3) is 22.2 Å². The molecule has 7 nitrogen and oxygen atoms in total. The number of hydrogen-bond donors (Lipinski definition) is 3. The minimum Gasteiger partial charge on any atom is -0.449 e. The van der Waals surface area contributed by atoms with E-state index in [2.05, 4.69) is 20.8 Å². The molecule has 0 aliphatic carbocycles. The summed E-state index contributed by atoms with van der Waals surface area (Å²) >= 11 is 0. The number of nitrogens with zero attached hydrogens (tertiary/aromatic N) is 1. The Labute approximate surface area is 137 Å². The van der Waals surface area contributed by atoms with Gasteiger partial charge in [-0.25, -0.2) is 15.2 Å². The molecule has 0 bridgehead atoms. The van der Waals surface area contributed by atoms with Crippen LogP contribution in [-0.2, 0) is 4.74 Å². The number of benzene rings is 2. The number of para-hydroxylation sites is 1. The van der Waals surface area contributed by atoms with Gasteiger partial charge in [0.2, 0.25) is 5.82 Å². The Morgan fingerprint density at radius 1 is 1.17 bits per heavy atom. The van der Waals surface area contributed by atoms with E-state index in [0.717, 1.165) is 11.1 Å². The topological polar surface area (TPSA) is 96.1 Å². The largest absolute Gasteiger partial charge is 0.449 e. The molecule has 7 heteroatoms. The fraction of sp³-hybridized carbons (Fsp3) is 0.118. The van der Waals surface area contributed by atoms with E-state index in [0.29, 0.717) is 11.0 Å². The fourth-order valence-electron chi connectivity index (χ4n) is 2.32. The van der Waals surface area contributed by atoms with Crippen molar-refractivity contribution in [3.63, 3.8) is 0 Å². The van der Waals surface area contributed by atoms with E-state index in [-0.39, 0.29) is 12.4 Å². The lowest BCUT2D eigenvalue weighted by Crippen LogP contribution is -2.33. The molecule has 3 N–H and O–H groups in total. The van der Waals surface area contributed by atoms with Gasteiger partial charge in [-0.15, -0.1) is 0 Å². The highest BCUT2D eigenvalue weighted by Gasteiger charge is 2.10. The molecule has 0 saturated heterocycles. The molecule has 122 valence electrons. The van der Waals surface area contributed by atoms with Crippen LogP contribution in [0.1, 0.15) is 6.92 Å². The predicted octanol–water partition coefficient (Wildman–Crippen LogP) is 2.66. The second-order valence-electron chi connectivity index (χ2n) is 4.95. The summed E-state index contributed by atoms with van der Waals surface area (Å²) in [6, 6.07) is 15.3. The van der Waals surface area contributed by atoms with Gasteiger partial charge in [-0.2, -0.15) is 0 Å². The van der Waals surface area contributed by atoms with E-state index >= 15 is 0 Å². The van der Waals surface area contributed by atoms with Gasteiger partial charge in [0.05, 0.1) is 17.6 Å². The first-order chi connectivity index (χ1) is 11.7. The molecule has 3 rings (SSSR count). The van der Waals surface area contributed by atoms with Crippen molar-refractivity contribution in [1.29, 1.82) is 0 Å². The van der Waals surface area contributed by atoms with Crippen LogP contribution in [0.5, 0.6) is 0 Å². The van der Waals surface area contributed by atoms with Crippen molar-refractivity contribution < 1.29 is 9.53 Å². The molecule has 3 aromatic rings. The number of fused-ring (bicyclic) bond motifs is 1. The van der Waals surface area contributed by atoms with E-state index < -0.39 is 11.7 Å². The number of carbonyl (C=O) groups excluding carboxylic acids is 1. The molecular weight excluding hydrogens is 308 g/mol. The zero-order valence-corrected chi connectivity index (χ0v) is 13.0. The van der Waals surface area contributed by atoms with Crippen LogP contribution < -0.4 is 16.4 Å². The average molecular weight is 324 g/mol. The summed E-state index contributed by atoms with van der Waals surface area (Å²) in [4.78, 5) is 30.5. The number of hydrogen-bond acceptors (Lipinski definition) is 5. The highest BCUT2D eigenvalue weighted by Crippen LogP contribution is 2.25. The van der Waals surface area contributed by atoms with Gasteiger partial charge < -0.3 is 9.72 Å². The molecule has 0 atom stereocenters. The van der Waals surface area contributed by atoms with Gasteiger partial charge >= 0.3 is 6.09 Å². The van der Waals surface area contributed by atoms with E-state index in [9.17, 15) is 9.59 Å². The maximum atomic E-state index is 12.1. The summed E-state index contributed by atoms with van der Waals surface area (Å²) in [6.45, 7) is 1.92. The third kappa shape index (κ3) is 3.19. The van der Waals surface area contributed by atoms with Crippen molar-refractivity contribution in [3.05, 3.63) is 58.9 Å². The number of ether oxygens (including phenoxy) is 1. The van der Waals surface area contributed by atoms with Crippen LogP contribution in [0.4, 0.5) is 10.6 Å². The van der Waals surface area contributed by atoms with Gasteiger partial charge in [0.15, 0.2) is 0 Å². The Bertz CT molecular complexity index is 922. The van der Waals surface area contributed by atoms with Gasteiger partial charge in [-0.1, -0.05) is 42.5 Å². The maximum absolute atomic E-state index is 12.1. The third-order valence-corrected chi connectivity index (χ3v) is 3.37. The number of aromatic amines is 1. The summed E-state index contributed by atoms with van der Waals surface area (Å²) in [5, 5.41) is 0. The van der Waals surface area contributed by atoms with E-state index in [1.54, 1.807) is 13.0 Å². The number of nitrogens with one attached hydrogen (secondary N) is 3. The minimum absolute atomic E-state index is 0.0149. The second-order valence-corrected chi connectivity index (χ2v) is 4.95. The van der Waals surface area contributed by atoms with Crippen molar-refractivity contribution in [2.24, 2.45) is 0 Å². The molecule has 0 aliphatic rings. The molecular formula is C17H16N4O3. The van der Waals surface area contributed by atoms with E-state index in [4.69, 9.17) is 4.74 Å². The number of amides is 1. The SMILES string of the molecule is CCOC(=O)NNc1nc2c(-c3ccccc3)cccc2[nH]c1=O. The molecule has 2 aromatic carbocycles. The average Bonchev–Trinajstić information content (AvgIpc) is 2.60. The number of anilines is 1. The first kappa shape index (κ1) is 15.5. The van der Waals surface area contributed by atoms with Crippen molar-refractivity contribution in [1.82, 2.24) is 15.4 Å². The summed E-state index contributed by atoms with van der Waals surface area (Å²) < 4.78 is 4.73. The number of rotatable bonds is 4. The zero-order valence-electron chi connectivity index (χ0n) is 13.0. The number of carbonyl (C=O) groups is 1. The normalized spacial score (nSPS) is 10.4. The standard InChI is InChI=1S/C17H16N4O3/c1-2-24-17(23)21-20-15-16(22)18-13-10-6-9-12(14(13)19-15)11-7-4-3-5-8-11/h3-10H,2H2,1H3,(H,18,22)(H,19,20)(H,21,23). The van der Waals surface area contributed by atoms with Gasteiger partial charge in [0.1, 0.15) is 0 Å². The van der Waals surface area contributed by atoms with Crippen LogP contribution in [0.2, 0.25) is 0 Å². The van der Waals surface area contributed by atoms with Crippen LogP contribution in [0.3, 0.4) is 0 Å². The fourth-order valence-corrected chi connectivity index (χ4v) is 2.32. The summed E-state index contributed by atoms with van der Waals surface area (Å²) in [7, 11) is 0. The van der Waals surface area contributed by atoms with Gasteiger partial charge in [0.25, 0.3) is 5.56 Å². The molecule has 1 heterocycles. The van der Waals surface area contributed by atoms with Crippen LogP contribution in [0, 0.1) is 0 Å². The Morgan fingerprint density at radius 2 is 1.96 bits per heavy atom. The molecule has 24 heavy (non-hydrogen) atoms. The zero-order chi connectivity index (χ0) is 16.9. The Hall–Kier alpha value is -3.35. The van der Waals surface area contributed by atoms with Crippen molar-refractivity contribution >= 4 is 22.9 Å². The Balaban J connectivity index is 2.02. The molecule has 0 saturated carbocycles. The quantitative estimate of drug-likeness (QED) is 0.641. The highest BCUT2D eigenvalue weighted by atomic mass is 16.5. The lowest BCUT2D eigenvalue weighted by Gasteiger charge is -2.10. The van der Waals surface area contributed by atoms with Gasteiger partial charge in [-0.3, -0.25) is 10.2 Å². The molecule has 0 fully saturated rings. The molecule has 0 aliphatic heterocycles. The molecule has 0 unspecified atom stereocenters. The minimum atomic E-state index is -0.685. The van der Waals surface area contributed by atoms with Crippen LogP contribution in [0.15, 0.2) is 53.3 Å². The first-order valence-electron chi connectivity index (χ1n) is 7.46. The monoisotopic (exact) mass is 324 g/mol. The van der Waals surface area contributed by atoms with E-state index in [1.807, 2.05) is 42.5 Å².